The van der Waals surface area contributed by atoms with Gasteiger partial charge < -0.3 is 20.1 Å². The third-order valence-electron chi connectivity index (χ3n) is 3.97. The Kier molecular flexibility index (Phi) is 8.14. The molecule has 0 aliphatic heterocycles. The van der Waals surface area contributed by atoms with Crippen LogP contribution in [0.1, 0.15) is 29.8 Å². The molecule has 0 aromatic heterocycles. The van der Waals surface area contributed by atoms with Crippen molar-refractivity contribution in [3.05, 3.63) is 58.6 Å². The maximum absolute atomic E-state index is 12.3. The zero-order valence-electron chi connectivity index (χ0n) is 16.3. The lowest BCUT2D eigenvalue weighted by Gasteiger charge is -2.13. The fourth-order valence-corrected chi connectivity index (χ4v) is 2.46. The zero-order valence-corrected chi connectivity index (χ0v) is 17.0. The maximum Gasteiger partial charge on any atom is 0.251 e. The van der Waals surface area contributed by atoms with Gasteiger partial charge in [0.25, 0.3) is 5.91 Å². The average molecular weight is 405 g/mol. The number of ether oxygens (including phenoxy) is 2. The second-order valence-electron chi connectivity index (χ2n) is 6.48. The van der Waals surface area contributed by atoms with Gasteiger partial charge in [0.15, 0.2) is 11.5 Å². The molecule has 0 saturated carbocycles. The third-order valence-corrected chi connectivity index (χ3v) is 4.22. The fourth-order valence-electron chi connectivity index (χ4n) is 2.34. The predicted octanol–water partition coefficient (Wildman–Crippen LogP) is 3.43. The van der Waals surface area contributed by atoms with Gasteiger partial charge in [-0.05, 0) is 35.9 Å². The molecule has 2 N–H and O–H groups in total. The number of halogens is 1. The molecule has 0 aliphatic carbocycles. The molecule has 0 spiro atoms. The van der Waals surface area contributed by atoms with E-state index < -0.39 is 0 Å². The summed E-state index contributed by atoms with van der Waals surface area (Å²) in [5, 5.41) is 6.18. The van der Waals surface area contributed by atoms with Crippen molar-refractivity contribution in [2.45, 2.75) is 20.5 Å². The first-order valence-electron chi connectivity index (χ1n) is 9.02. The number of nitrogens with one attached hydrogen (secondary N) is 2. The summed E-state index contributed by atoms with van der Waals surface area (Å²) in [6, 6.07) is 12.4. The number of amides is 2. The molecule has 0 unspecified atom stereocenters. The first kappa shape index (κ1) is 21.6. The molecule has 2 aromatic carbocycles. The van der Waals surface area contributed by atoms with E-state index in [0.717, 1.165) is 5.56 Å². The first-order valence-corrected chi connectivity index (χ1v) is 9.39. The van der Waals surface area contributed by atoms with Crippen LogP contribution in [0.4, 0.5) is 0 Å². The van der Waals surface area contributed by atoms with Crippen molar-refractivity contribution >= 4 is 23.4 Å². The number of rotatable bonds is 9. The lowest BCUT2D eigenvalue weighted by atomic mass is 10.2. The lowest BCUT2D eigenvalue weighted by molar-refractivity contribution is -0.123. The SMILES string of the molecule is COc1cc(C(=O)NCCNC(=O)C(C)C)ccc1OCc1ccc(Cl)cc1. The highest BCUT2D eigenvalue weighted by Gasteiger charge is 2.12. The molecule has 6 nitrogen and oxygen atoms in total. The molecular weight excluding hydrogens is 380 g/mol. The molecule has 28 heavy (non-hydrogen) atoms. The van der Waals surface area contributed by atoms with Gasteiger partial charge in [-0.25, -0.2) is 0 Å². The predicted molar refractivity (Wildman–Crippen MR) is 109 cm³/mol. The van der Waals surface area contributed by atoms with E-state index in [1.165, 1.54) is 7.11 Å². The molecule has 0 aliphatic rings. The van der Waals surface area contributed by atoms with Crippen molar-refractivity contribution in [3.8, 4) is 11.5 Å². The second kappa shape index (κ2) is 10.6. The van der Waals surface area contributed by atoms with E-state index >= 15 is 0 Å². The molecular formula is C21H25ClN2O4. The minimum atomic E-state index is -0.249. The van der Waals surface area contributed by atoms with Gasteiger partial charge in [0, 0.05) is 29.6 Å². The van der Waals surface area contributed by atoms with E-state index in [9.17, 15) is 9.59 Å². The van der Waals surface area contributed by atoms with Gasteiger partial charge in [0.2, 0.25) is 5.91 Å². The number of benzene rings is 2. The van der Waals surface area contributed by atoms with Crippen molar-refractivity contribution in [3.63, 3.8) is 0 Å². The Morgan fingerprint density at radius 1 is 1.00 bits per heavy atom. The average Bonchev–Trinajstić information content (AvgIpc) is 2.70. The summed E-state index contributed by atoms with van der Waals surface area (Å²) in [6.45, 7) is 4.71. The summed E-state index contributed by atoms with van der Waals surface area (Å²) in [5.41, 5.74) is 1.42. The monoisotopic (exact) mass is 404 g/mol. The number of carbonyl (C=O) groups excluding carboxylic acids is 2. The molecule has 0 fully saturated rings. The van der Waals surface area contributed by atoms with Gasteiger partial charge in [-0.15, -0.1) is 0 Å². The van der Waals surface area contributed by atoms with Gasteiger partial charge in [0.1, 0.15) is 6.61 Å². The standard InChI is InChI=1S/C21H25ClN2O4/c1-14(2)20(25)23-10-11-24-21(26)16-6-9-18(19(12-16)27-3)28-13-15-4-7-17(22)8-5-15/h4-9,12,14H,10-11,13H2,1-3H3,(H,23,25)(H,24,26). The van der Waals surface area contributed by atoms with Gasteiger partial charge in [0.05, 0.1) is 7.11 Å². The van der Waals surface area contributed by atoms with Crippen LogP contribution in [0.25, 0.3) is 0 Å². The molecule has 2 amide bonds. The zero-order chi connectivity index (χ0) is 20.5. The fraction of sp³-hybridized carbons (Fsp3) is 0.333. The van der Waals surface area contributed by atoms with Crippen LogP contribution in [-0.4, -0.2) is 32.0 Å². The van der Waals surface area contributed by atoms with Crippen LogP contribution in [0, 0.1) is 5.92 Å². The molecule has 0 radical (unpaired) electrons. The summed E-state index contributed by atoms with van der Waals surface area (Å²) in [4.78, 5) is 23.8. The Hall–Kier alpha value is -2.73. The summed E-state index contributed by atoms with van der Waals surface area (Å²) in [6.07, 6.45) is 0. The normalized spacial score (nSPS) is 10.5. The topological polar surface area (TPSA) is 76.7 Å². The van der Waals surface area contributed by atoms with Crippen LogP contribution in [0.3, 0.4) is 0 Å². The van der Waals surface area contributed by atoms with Crippen LogP contribution in [-0.2, 0) is 11.4 Å². The molecule has 150 valence electrons. The van der Waals surface area contributed by atoms with Gasteiger partial charge >= 0.3 is 0 Å². The summed E-state index contributed by atoms with van der Waals surface area (Å²) >= 11 is 5.88. The van der Waals surface area contributed by atoms with Crippen molar-refractivity contribution in [1.29, 1.82) is 0 Å². The van der Waals surface area contributed by atoms with Crippen molar-refractivity contribution in [2.75, 3.05) is 20.2 Å². The van der Waals surface area contributed by atoms with E-state index in [0.29, 0.717) is 41.8 Å². The Morgan fingerprint density at radius 3 is 2.32 bits per heavy atom. The molecule has 2 rings (SSSR count). The van der Waals surface area contributed by atoms with E-state index in [-0.39, 0.29) is 17.7 Å². The van der Waals surface area contributed by atoms with Crippen LogP contribution in [0.5, 0.6) is 11.5 Å². The summed E-state index contributed by atoms with van der Waals surface area (Å²) in [7, 11) is 1.52. The molecule has 7 heteroatoms. The molecule has 2 aromatic rings. The van der Waals surface area contributed by atoms with Crippen molar-refractivity contribution < 1.29 is 19.1 Å². The highest BCUT2D eigenvalue weighted by atomic mass is 35.5. The van der Waals surface area contributed by atoms with Crippen molar-refractivity contribution in [1.82, 2.24) is 10.6 Å². The molecule has 0 saturated heterocycles. The van der Waals surface area contributed by atoms with Gasteiger partial charge in [-0.3, -0.25) is 9.59 Å². The highest BCUT2D eigenvalue weighted by Crippen LogP contribution is 2.29. The summed E-state index contributed by atoms with van der Waals surface area (Å²) in [5.74, 6) is 0.632. The Balaban J connectivity index is 1.91. The second-order valence-corrected chi connectivity index (χ2v) is 6.92. The lowest BCUT2D eigenvalue weighted by Crippen LogP contribution is -2.36. The largest absolute Gasteiger partial charge is 0.493 e. The maximum atomic E-state index is 12.3. The number of carbonyl (C=O) groups is 2. The van der Waals surface area contributed by atoms with E-state index in [1.807, 2.05) is 26.0 Å². The minimum Gasteiger partial charge on any atom is -0.493 e. The molecule has 0 bridgehead atoms. The van der Waals surface area contributed by atoms with Crippen LogP contribution >= 0.6 is 11.6 Å². The quantitative estimate of drug-likeness (QED) is 0.628. The van der Waals surface area contributed by atoms with Crippen LogP contribution in [0.2, 0.25) is 5.02 Å². The Bertz CT molecular complexity index is 807. The molecule has 0 atom stereocenters. The Morgan fingerprint density at radius 2 is 1.68 bits per heavy atom. The number of hydrogen-bond acceptors (Lipinski definition) is 4. The van der Waals surface area contributed by atoms with Crippen LogP contribution < -0.4 is 20.1 Å². The van der Waals surface area contributed by atoms with E-state index in [1.54, 1.807) is 30.3 Å². The highest BCUT2D eigenvalue weighted by molar-refractivity contribution is 6.30. The number of methoxy groups -OCH3 is 1. The smallest absolute Gasteiger partial charge is 0.251 e. The van der Waals surface area contributed by atoms with E-state index in [2.05, 4.69) is 10.6 Å². The molecule has 0 heterocycles. The summed E-state index contributed by atoms with van der Waals surface area (Å²) < 4.78 is 11.1. The van der Waals surface area contributed by atoms with Crippen molar-refractivity contribution in [2.24, 2.45) is 5.92 Å². The first-order chi connectivity index (χ1) is 13.4. The Labute approximate surface area is 170 Å². The number of hydrogen-bond donors (Lipinski definition) is 2. The van der Waals surface area contributed by atoms with Gasteiger partial charge in [-0.2, -0.15) is 0 Å². The third kappa shape index (κ3) is 6.46. The van der Waals surface area contributed by atoms with Gasteiger partial charge in [-0.1, -0.05) is 37.6 Å². The van der Waals surface area contributed by atoms with Crippen LogP contribution in [0.15, 0.2) is 42.5 Å². The van der Waals surface area contributed by atoms with E-state index in [4.69, 9.17) is 21.1 Å². The minimum absolute atomic E-state index is 0.0434.